The quantitative estimate of drug-likeness (QED) is 0.702. The molecule has 8 nitrogen and oxygen atoms in total. The maximum absolute atomic E-state index is 12.6. The smallest absolute Gasteiger partial charge is 0.328 e. The minimum absolute atomic E-state index is 0.0716. The number of aromatic nitrogens is 2. The molecule has 2 heterocycles. The largest absolute Gasteiger partial charge is 0.492 e. The molecule has 0 unspecified atom stereocenters. The fourth-order valence-electron chi connectivity index (χ4n) is 2.42. The Bertz CT molecular complexity index is 1020. The van der Waals surface area contributed by atoms with Gasteiger partial charge >= 0.3 is 5.69 Å². The van der Waals surface area contributed by atoms with E-state index in [0.717, 1.165) is 10.8 Å². The first kappa shape index (κ1) is 17.3. The highest BCUT2D eigenvalue weighted by molar-refractivity contribution is 6.04. The molecule has 1 amide bonds. The number of nitrogens with zero attached hydrogens (tertiary/aromatic N) is 1. The molecule has 8 heteroatoms. The molecule has 0 aliphatic carbocycles. The van der Waals surface area contributed by atoms with E-state index in [1.165, 1.54) is 6.26 Å². The van der Waals surface area contributed by atoms with Crippen LogP contribution in [0.3, 0.4) is 0 Å². The molecule has 0 spiro atoms. The van der Waals surface area contributed by atoms with Crippen molar-refractivity contribution in [2.75, 3.05) is 11.9 Å². The molecule has 3 rings (SSSR count). The maximum Gasteiger partial charge on any atom is 0.328 e. The van der Waals surface area contributed by atoms with Crippen LogP contribution in [0.1, 0.15) is 23.0 Å². The molecule has 0 atom stereocenters. The number of H-pyrrole nitrogens is 1. The molecule has 2 N–H and O–H groups in total. The third kappa shape index (κ3) is 3.59. The monoisotopic (exact) mass is 355 g/mol. The van der Waals surface area contributed by atoms with Crippen LogP contribution in [0.15, 0.2) is 62.9 Å². The zero-order chi connectivity index (χ0) is 18.5. The van der Waals surface area contributed by atoms with E-state index >= 15 is 0 Å². The molecule has 3 aromatic rings. The standard InChI is InChI=1S/C18H17N3O5/c1-2-25-15-8-4-3-7-14(15)20-16(22)13-10-19-18(24)21(17(13)23)11-12-6-5-9-26-12/h3-10H,2,11H2,1H3,(H,19,24)(H,20,22). The van der Waals surface area contributed by atoms with Crippen LogP contribution in [0.2, 0.25) is 0 Å². The Kier molecular flexibility index (Phi) is 5.02. The van der Waals surface area contributed by atoms with Crippen LogP contribution < -0.4 is 21.3 Å². The van der Waals surface area contributed by atoms with Crippen LogP contribution in [0.5, 0.6) is 5.75 Å². The Morgan fingerprint density at radius 2 is 2.04 bits per heavy atom. The maximum atomic E-state index is 12.6. The summed E-state index contributed by atoms with van der Waals surface area (Å²) in [6.45, 7) is 2.19. The van der Waals surface area contributed by atoms with Crippen molar-refractivity contribution in [3.63, 3.8) is 0 Å². The van der Waals surface area contributed by atoms with Gasteiger partial charge in [0.25, 0.3) is 11.5 Å². The van der Waals surface area contributed by atoms with Gasteiger partial charge in [0.1, 0.15) is 17.1 Å². The molecular formula is C18H17N3O5. The average Bonchev–Trinajstić information content (AvgIpc) is 3.13. The van der Waals surface area contributed by atoms with Crippen molar-refractivity contribution in [1.82, 2.24) is 9.55 Å². The van der Waals surface area contributed by atoms with Gasteiger partial charge in [-0.2, -0.15) is 0 Å². The second kappa shape index (κ2) is 7.56. The van der Waals surface area contributed by atoms with Crippen molar-refractivity contribution in [1.29, 1.82) is 0 Å². The number of para-hydroxylation sites is 2. The summed E-state index contributed by atoms with van der Waals surface area (Å²) in [4.78, 5) is 39.5. The summed E-state index contributed by atoms with van der Waals surface area (Å²) in [5, 5.41) is 2.64. The predicted octanol–water partition coefficient (Wildman–Crippen LogP) is 1.83. The molecule has 2 aromatic heterocycles. The first-order valence-corrected chi connectivity index (χ1v) is 7.98. The molecular weight excluding hydrogens is 338 g/mol. The first-order valence-electron chi connectivity index (χ1n) is 7.98. The average molecular weight is 355 g/mol. The van der Waals surface area contributed by atoms with E-state index in [-0.39, 0.29) is 12.1 Å². The number of amides is 1. The number of aromatic amines is 1. The lowest BCUT2D eigenvalue weighted by Gasteiger charge is -2.11. The summed E-state index contributed by atoms with van der Waals surface area (Å²) in [6, 6.07) is 10.2. The number of carbonyl (C=O) groups is 1. The second-order valence-electron chi connectivity index (χ2n) is 5.36. The molecule has 1 aromatic carbocycles. The lowest BCUT2D eigenvalue weighted by atomic mass is 10.2. The SMILES string of the molecule is CCOc1ccccc1NC(=O)c1c[nH]c(=O)n(Cc2ccco2)c1=O. The molecule has 0 aliphatic rings. The lowest BCUT2D eigenvalue weighted by molar-refractivity contribution is 0.102. The minimum atomic E-state index is -0.712. The van der Waals surface area contributed by atoms with Crippen LogP contribution in [0, 0.1) is 0 Å². The van der Waals surface area contributed by atoms with E-state index in [1.807, 2.05) is 6.92 Å². The van der Waals surface area contributed by atoms with Gasteiger partial charge in [-0.25, -0.2) is 4.79 Å². The topological polar surface area (TPSA) is 106 Å². The van der Waals surface area contributed by atoms with Crippen LogP contribution in [-0.4, -0.2) is 22.1 Å². The Hall–Kier alpha value is -3.55. The van der Waals surface area contributed by atoms with E-state index in [2.05, 4.69) is 10.3 Å². The van der Waals surface area contributed by atoms with Crippen molar-refractivity contribution in [2.45, 2.75) is 13.5 Å². The van der Waals surface area contributed by atoms with Gasteiger partial charge in [0.15, 0.2) is 0 Å². The van der Waals surface area contributed by atoms with Crippen molar-refractivity contribution < 1.29 is 13.9 Å². The van der Waals surface area contributed by atoms with Crippen LogP contribution in [-0.2, 0) is 6.54 Å². The summed E-state index contributed by atoms with van der Waals surface area (Å²) < 4.78 is 11.5. The van der Waals surface area contributed by atoms with Crippen molar-refractivity contribution >= 4 is 11.6 Å². The number of benzene rings is 1. The third-order valence-electron chi connectivity index (χ3n) is 3.63. The van der Waals surface area contributed by atoms with Crippen molar-refractivity contribution in [3.8, 4) is 5.75 Å². The Morgan fingerprint density at radius 1 is 1.23 bits per heavy atom. The molecule has 0 aliphatic heterocycles. The minimum Gasteiger partial charge on any atom is -0.492 e. The number of hydrogen-bond acceptors (Lipinski definition) is 5. The van der Waals surface area contributed by atoms with Crippen LogP contribution in [0.25, 0.3) is 0 Å². The van der Waals surface area contributed by atoms with Crippen LogP contribution >= 0.6 is 0 Å². The highest BCUT2D eigenvalue weighted by Gasteiger charge is 2.17. The molecule has 0 saturated heterocycles. The normalized spacial score (nSPS) is 10.5. The van der Waals surface area contributed by atoms with Gasteiger partial charge in [-0.15, -0.1) is 0 Å². The summed E-state index contributed by atoms with van der Waals surface area (Å²) >= 11 is 0. The summed E-state index contributed by atoms with van der Waals surface area (Å²) in [5.41, 5.74) is -1.10. The zero-order valence-electron chi connectivity index (χ0n) is 14.0. The van der Waals surface area contributed by atoms with Gasteiger partial charge < -0.3 is 19.5 Å². The highest BCUT2D eigenvalue weighted by Crippen LogP contribution is 2.23. The number of ether oxygens (including phenoxy) is 1. The second-order valence-corrected chi connectivity index (χ2v) is 5.36. The number of anilines is 1. The van der Waals surface area contributed by atoms with E-state index in [0.29, 0.717) is 23.8 Å². The Morgan fingerprint density at radius 3 is 2.77 bits per heavy atom. The molecule has 26 heavy (non-hydrogen) atoms. The van der Waals surface area contributed by atoms with Gasteiger partial charge in [0.2, 0.25) is 0 Å². The van der Waals surface area contributed by atoms with E-state index in [4.69, 9.17) is 9.15 Å². The molecule has 0 saturated carbocycles. The molecule has 0 fully saturated rings. The summed E-state index contributed by atoms with van der Waals surface area (Å²) in [6.07, 6.45) is 2.54. The number of nitrogens with one attached hydrogen (secondary N) is 2. The van der Waals surface area contributed by atoms with E-state index in [1.54, 1.807) is 36.4 Å². The zero-order valence-corrected chi connectivity index (χ0v) is 14.0. The van der Waals surface area contributed by atoms with Gasteiger partial charge in [0.05, 0.1) is 25.1 Å². The third-order valence-corrected chi connectivity index (χ3v) is 3.63. The lowest BCUT2D eigenvalue weighted by Crippen LogP contribution is -2.39. The number of furan rings is 1. The Labute approximate surface area is 148 Å². The van der Waals surface area contributed by atoms with Gasteiger partial charge in [-0.05, 0) is 31.2 Å². The van der Waals surface area contributed by atoms with Crippen LogP contribution in [0.4, 0.5) is 5.69 Å². The molecule has 0 bridgehead atoms. The highest BCUT2D eigenvalue weighted by atomic mass is 16.5. The summed E-state index contributed by atoms with van der Waals surface area (Å²) in [5.74, 6) is 0.270. The number of hydrogen-bond donors (Lipinski definition) is 2. The van der Waals surface area contributed by atoms with Crippen molar-refractivity contribution in [3.05, 3.63) is 81.0 Å². The Balaban J connectivity index is 1.91. The summed E-state index contributed by atoms with van der Waals surface area (Å²) in [7, 11) is 0. The van der Waals surface area contributed by atoms with Crippen molar-refractivity contribution in [2.24, 2.45) is 0 Å². The van der Waals surface area contributed by atoms with Gasteiger partial charge in [0, 0.05) is 6.20 Å². The van der Waals surface area contributed by atoms with E-state index < -0.39 is 17.2 Å². The fraction of sp³-hybridized carbons (Fsp3) is 0.167. The number of rotatable bonds is 6. The van der Waals surface area contributed by atoms with Gasteiger partial charge in [-0.1, -0.05) is 12.1 Å². The molecule has 134 valence electrons. The molecule has 0 radical (unpaired) electrons. The first-order chi connectivity index (χ1) is 12.6. The predicted molar refractivity (Wildman–Crippen MR) is 94.7 cm³/mol. The number of carbonyl (C=O) groups excluding carboxylic acids is 1. The van der Waals surface area contributed by atoms with Gasteiger partial charge in [-0.3, -0.25) is 14.2 Å². The fourth-order valence-corrected chi connectivity index (χ4v) is 2.42. The van der Waals surface area contributed by atoms with E-state index in [9.17, 15) is 14.4 Å².